The van der Waals surface area contributed by atoms with Gasteiger partial charge in [-0.05, 0) is 48.9 Å². The molecule has 0 bridgehead atoms. The fourth-order valence-electron chi connectivity index (χ4n) is 4.50. The summed E-state index contributed by atoms with van der Waals surface area (Å²) in [7, 11) is 1.75. The Morgan fingerprint density at radius 2 is 1.66 bits per heavy atom. The number of amides is 2. The fourth-order valence-corrected chi connectivity index (χ4v) is 4.50. The molecule has 1 saturated carbocycles. The van der Waals surface area contributed by atoms with Crippen molar-refractivity contribution in [3.63, 3.8) is 0 Å². The lowest BCUT2D eigenvalue weighted by Crippen LogP contribution is -2.47. The Kier molecular flexibility index (Phi) is 6.26. The van der Waals surface area contributed by atoms with E-state index in [1.165, 1.54) is 6.07 Å². The van der Waals surface area contributed by atoms with Gasteiger partial charge in [-0.15, -0.1) is 0 Å². The van der Waals surface area contributed by atoms with E-state index < -0.39 is 17.8 Å². The molecule has 2 fully saturated rings. The van der Waals surface area contributed by atoms with E-state index in [9.17, 15) is 22.8 Å². The van der Waals surface area contributed by atoms with Crippen molar-refractivity contribution >= 4 is 11.8 Å². The first-order chi connectivity index (χ1) is 15.2. The van der Waals surface area contributed by atoms with Crippen molar-refractivity contribution in [1.29, 1.82) is 0 Å². The van der Waals surface area contributed by atoms with Crippen LogP contribution in [-0.4, -0.2) is 35.2 Å². The van der Waals surface area contributed by atoms with Crippen molar-refractivity contribution in [3.8, 4) is 0 Å². The third-order valence-corrected chi connectivity index (χ3v) is 6.38. The summed E-state index contributed by atoms with van der Waals surface area (Å²) >= 11 is 0. The molecule has 0 N–H and O–H groups in total. The Hall–Kier alpha value is -2.83. The topological polar surface area (TPSA) is 40.6 Å². The Balaban J connectivity index is 1.52. The maximum atomic E-state index is 13.2. The monoisotopic (exact) mass is 444 g/mol. The Morgan fingerprint density at radius 3 is 2.31 bits per heavy atom. The average molecular weight is 444 g/mol. The quantitative estimate of drug-likeness (QED) is 0.647. The molecule has 1 heterocycles. The van der Waals surface area contributed by atoms with E-state index in [-0.39, 0.29) is 30.2 Å². The van der Waals surface area contributed by atoms with Crippen molar-refractivity contribution in [2.75, 3.05) is 13.6 Å². The van der Waals surface area contributed by atoms with Gasteiger partial charge in [-0.2, -0.15) is 13.2 Å². The van der Waals surface area contributed by atoms with Gasteiger partial charge in [-0.3, -0.25) is 9.59 Å². The van der Waals surface area contributed by atoms with Crippen molar-refractivity contribution in [3.05, 3.63) is 71.3 Å². The molecule has 0 radical (unpaired) electrons. The molecule has 0 unspecified atom stereocenters. The molecule has 1 aliphatic heterocycles. The van der Waals surface area contributed by atoms with Crippen LogP contribution in [0.4, 0.5) is 13.2 Å². The molecule has 2 aromatic rings. The van der Waals surface area contributed by atoms with Crippen LogP contribution in [0.2, 0.25) is 0 Å². The molecule has 1 aliphatic carbocycles. The van der Waals surface area contributed by atoms with Gasteiger partial charge in [0.25, 0.3) is 0 Å². The maximum Gasteiger partial charge on any atom is 0.416 e. The maximum absolute atomic E-state index is 13.2. The highest BCUT2D eigenvalue weighted by Crippen LogP contribution is 2.41. The summed E-state index contributed by atoms with van der Waals surface area (Å²) in [5.41, 5.74) is 0.791. The third kappa shape index (κ3) is 4.97. The van der Waals surface area contributed by atoms with E-state index in [0.717, 1.165) is 30.5 Å². The standard InChI is InChI=1S/C25H27F3N2O2/c1-29(15-17-6-3-2-4-7-17)23(31)20-12-13-22(30(16-20)24(32)18-10-11-18)19-8-5-9-21(14-19)25(26,27)28/h2-9,14,18,20,22H,10-13,15-16H2,1H3/t20-,22+/m0/s1. The highest BCUT2D eigenvalue weighted by atomic mass is 19.4. The molecule has 4 rings (SSSR count). The second-order valence-corrected chi connectivity index (χ2v) is 8.86. The molecule has 0 aromatic heterocycles. The van der Waals surface area contributed by atoms with Crippen LogP contribution in [0.5, 0.6) is 0 Å². The highest BCUT2D eigenvalue weighted by Gasteiger charge is 2.42. The minimum atomic E-state index is -4.44. The zero-order chi connectivity index (χ0) is 22.9. The van der Waals surface area contributed by atoms with Crippen molar-refractivity contribution < 1.29 is 22.8 Å². The molecular weight excluding hydrogens is 417 g/mol. The van der Waals surface area contributed by atoms with Crippen molar-refractivity contribution in [2.24, 2.45) is 11.8 Å². The Bertz CT molecular complexity index is 973. The summed E-state index contributed by atoms with van der Waals surface area (Å²) < 4.78 is 39.7. The van der Waals surface area contributed by atoms with Gasteiger partial charge in [0.05, 0.1) is 17.5 Å². The zero-order valence-electron chi connectivity index (χ0n) is 18.0. The van der Waals surface area contributed by atoms with Crippen LogP contribution < -0.4 is 0 Å². The number of carbonyl (C=O) groups is 2. The largest absolute Gasteiger partial charge is 0.416 e. The lowest BCUT2D eigenvalue weighted by Gasteiger charge is -2.40. The van der Waals surface area contributed by atoms with Gasteiger partial charge < -0.3 is 9.80 Å². The molecule has 4 nitrogen and oxygen atoms in total. The molecule has 2 amide bonds. The predicted octanol–water partition coefficient (Wildman–Crippen LogP) is 5.05. The number of hydrogen-bond acceptors (Lipinski definition) is 2. The summed E-state index contributed by atoms with van der Waals surface area (Å²) in [4.78, 5) is 29.5. The molecule has 170 valence electrons. The van der Waals surface area contributed by atoms with Gasteiger partial charge in [-0.1, -0.05) is 42.5 Å². The van der Waals surface area contributed by atoms with E-state index in [0.29, 0.717) is 24.9 Å². The second-order valence-electron chi connectivity index (χ2n) is 8.86. The van der Waals surface area contributed by atoms with Crippen LogP contribution in [-0.2, 0) is 22.3 Å². The Morgan fingerprint density at radius 1 is 0.969 bits per heavy atom. The number of halogens is 3. The van der Waals surface area contributed by atoms with Crippen LogP contribution in [0, 0.1) is 11.8 Å². The number of benzene rings is 2. The number of alkyl halides is 3. The lowest BCUT2D eigenvalue weighted by molar-refractivity contribution is -0.143. The van der Waals surface area contributed by atoms with Crippen LogP contribution in [0.1, 0.15) is 48.4 Å². The summed E-state index contributed by atoms with van der Waals surface area (Å²) in [6.07, 6.45) is -1.83. The lowest BCUT2D eigenvalue weighted by atomic mass is 9.87. The van der Waals surface area contributed by atoms with Crippen LogP contribution in [0.15, 0.2) is 54.6 Å². The van der Waals surface area contributed by atoms with Crippen LogP contribution in [0.25, 0.3) is 0 Å². The first-order valence-corrected chi connectivity index (χ1v) is 11.0. The minimum Gasteiger partial charge on any atom is -0.341 e. The number of hydrogen-bond donors (Lipinski definition) is 0. The third-order valence-electron chi connectivity index (χ3n) is 6.38. The van der Waals surface area contributed by atoms with Crippen LogP contribution in [0.3, 0.4) is 0 Å². The molecular formula is C25H27F3N2O2. The molecule has 2 aromatic carbocycles. The molecule has 32 heavy (non-hydrogen) atoms. The highest BCUT2D eigenvalue weighted by molar-refractivity contribution is 5.84. The van der Waals surface area contributed by atoms with Gasteiger partial charge in [-0.25, -0.2) is 0 Å². The molecule has 1 saturated heterocycles. The first-order valence-electron chi connectivity index (χ1n) is 11.0. The SMILES string of the molecule is CN(Cc1ccccc1)C(=O)[C@H]1CC[C@H](c2cccc(C(F)(F)F)c2)N(C(=O)C2CC2)C1. The molecule has 2 atom stereocenters. The normalized spacial score (nSPS) is 21.3. The first kappa shape index (κ1) is 22.4. The van der Waals surface area contributed by atoms with E-state index in [1.54, 1.807) is 22.9 Å². The van der Waals surface area contributed by atoms with E-state index in [2.05, 4.69) is 0 Å². The zero-order valence-corrected chi connectivity index (χ0v) is 18.0. The van der Waals surface area contributed by atoms with Gasteiger partial charge in [0.2, 0.25) is 11.8 Å². The van der Waals surface area contributed by atoms with E-state index in [4.69, 9.17) is 0 Å². The van der Waals surface area contributed by atoms with Crippen LogP contribution >= 0.6 is 0 Å². The van der Waals surface area contributed by atoms with Gasteiger partial charge in [0.15, 0.2) is 0 Å². The number of rotatable bonds is 5. The Labute approximate surface area is 186 Å². The minimum absolute atomic E-state index is 0.0371. The van der Waals surface area contributed by atoms with E-state index >= 15 is 0 Å². The summed E-state index contributed by atoms with van der Waals surface area (Å²) in [5.74, 6) is -0.506. The van der Waals surface area contributed by atoms with Crippen molar-refractivity contribution in [2.45, 2.75) is 44.4 Å². The number of likely N-dealkylation sites (tertiary alicyclic amines) is 1. The van der Waals surface area contributed by atoms with E-state index in [1.807, 2.05) is 30.3 Å². The smallest absolute Gasteiger partial charge is 0.341 e. The summed E-state index contributed by atoms with van der Waals surface area (Å²) in [5, 5.41) is 0. The van der Waals surface area contributed by atoms with Gasteiger partial charge in [0, 0.05) is 26.1 Å². The second kappa shape index (κ2) is 8.96. The number of nitrogens with zero attached hydrogens (tertiary/aromatic N) is 2. The van der Waals surface area contributed by atoms with Crippen molar-refractivity contribution in [1.82, 2.24) is 9.80 Å². The number of piperidine rings is 1. The summed E-state index contributed by atoms with van der Waals surface area (Å²) in [6, 6.07) is 14.5. The molecule has 7 heteroatoms. The average Bonchev–Trinajstić information content (AvgIpc) is 3.63. The summed E-state index contributed by atoms with van der Waals surface area (Å²) in [6.45, 7) is 0.720. The fraction of sp³-hybridized carbons (Fsp3) is 0.440. The van der Waals surface area contributed by atoms with Gasteiger partial charge >= 0.3 is 6.18 Å². The number of carbonyl (C=O) groups excluding carboxylic acids is 2. The molecule has 0 spiro atoms. The van der Waals surface area contributed by atoms with Gasteiger partial charge in [0.1, 0.15) is 0 Å². The molecule has 2 aliphatic rings. The predicted molar refractivity (Wildman–Crippen MR) is 114 cm³/mol.